The van der Waals surface area contributed by atoms with Crippen molar-refractivity contribution in [3.05, 3.63) is 29.8 Å². The summed E-state index contributed by atoms with van der Waals surface area (Å²) in [6, 6.07) is 6.22. The molecule has 1 amide bonds. The van der Waals surface area contributed by atoms with E-state index in [2.05, 4.69) is 4.72 Å². The van der Waals surface area contributed by atoms with Crippen LogP contribution < -0.4 is 4.72 Å². The van der Waals surface area contributed by atoms with Crippen LogP contribution in [0.4, 0.5) is 0 Å². The second kappa shape index (κ2) is 9.05. The Hall–Kier alpha value is -1.93. The molecule has 0 radical (unpaired) electrons. The number of nitrogens with zero attached hydrogens (tertiary/aromatic N) is 1. The Balaban J connectivity index is 1.56. The number of rotatable bonds is 8. The molecule has 1 aromatic rings. The van der Waals surface area contributed by atoms with E-state index in [9.17, 15) is 18.0 Å². The van der Waals surface area contributed by atoms with Crippen LogP contribution in [0.3, 0.4) is 0 Å². The van der Waals surface area contributed by atoms with Crippen molar-refractivity contribution in [2.75, 3.05) is 13.2 Å². The number of esters is 1. The summed E-state index contributed by atoms with van der Waals surface area (Å²) >= 11 is 0. The van der Waals surface area contributed by atoms with Crippen LogP contribution in [0, 0.1) is 0 Å². The molecular formula is C20H28N2O5S. The largest absolute Gasteiger partial charge is 0.464 e. The zero-order valence-corrected chi connectivity index (χ0v) is 17.0. The fourth-order valence-electron chi connectivity index (χ4n) is 3.43. The van der Waals surface area contributed by atoms with Gasteiger partial charge in [0.1, 0.15) is 6.04 Å². The number of amides is 1. The summed E-state index contributed by atoms with van der Waals surface area (Å²) < 4.78 is 32.2. The van der Waals surface area contributed by atoms with Crippen molar-refractivity contribution in [2.24, 2.45) is 0 Å². The number of ether oxygens (including phenoxy) is 1. The number of carbonyl (C=O) groups excluding carboxylic acids is 2. The molecule has 2 fully saturated rings. The highest BCUT2D eigenvalue weighted by Gasteiger charge is 2.32. The molecule has 1 aromatic carbocycles. The van der Waals surface area contributed by atoms with Crippen LogP contribution in [0.15, 0.2) is 29.2 Å². The highest BCUT2D eigenvalue weighted by Crippen LogP contribution is 2.23. The van der Waals surface area contributed by atoms with E-state index in [1.165, 1.54) is 0 Å². The number of piperidine rings is 1. The highest BCUT2D eigenvalue weighted by molar-refractivity contribution is 7.89. The van der Waals surface area contributed by atoms with Gasteiger partial charge in [-0.25, -0.2) is 17.9 Å². The first kappa shape index (κ1) is 20.8. The van der Waals surface area contributed by atoms with Gasteiger partial charge in [0.25, 0.3) is 0 Å². The molecule has 1 aliphatic carbocycles. The van der Waals surface area contributed by atoms with Gasteiger partial charge in [-0.3, -0.25) is 4.79 Å². The highest BCUT2D eigenvalue weighted by atomic mass is 32.2. The van der Waals surface area contributed by atoms with Crippen LogP contribution in [-0.4, -0.2) is 50.4 Å². The summed E-state index contributed by atoms with van der Waals surface area (Å²) in [6.45, 7) is 2.64. The van der Waals surface area contributed by atoms with Crippen LogP contribution in [0.25, 0.3) is 0 Å². The molecule has 1 saturated carbocycles. The molecule has 2 aliphatic rings. The number of nitrogens with one attached hydrogen (secondary N) is 1. The van der Waals surface area contributed by atoms with Crippen LogP contribution in [-0.2, 0) is 30.8 Å². The Kier molecular flexibility index (Phi) is 6.72. The van der Waals surface area contributed by atoms with Gasteiger partial charge in [0.2, 0.25) is 15.9 Å². The molecule has 154 valence electrons. The number of likely N-dealkylation sites (tertiary alicyclic amines) is 1. The van der Waals surface area contributed by atoms with Gasteiger partial charge in [-0.1, -0.05) is 12.1 Å². The lowest BCUT2D eigenvalue weighted by atomic mass is 10.0. The van der Waals surface area contributed by atoms with Crippen molar-refractivity contribution in [3.8, 4) is 0 Å². The van der Waals surface area contributed by atoms with E-state index in [0.29, 0.717) is 26.0 Å². The zero-order valence-electron chi connectivity index (χ0n) is 16.2. The standard InChI is InChI=1S/C20H28N2O5S/c1-2-27-20(24)18-5-3-4-14-22(18)19(23)13-8-15-6-11-17(12-7-15)28(25,26)21-16-9-10-16/h6-7,11-12,16,18,21H,2-5,8-10,13-14H2,1H3. The SMILES string of the molecule is CCOC(=O)C1CCCCN1C(=O)CCc1ccc(S(=O)(=O)NC2CC2)cc1. The van der Waals surface area contributed by atoms with Gasteiger partial charge >= 0.3 is 5.97 Å². The summed E-state index contributed by atoms with van der Waals surface area (Å²) in [7, 11) is -3.46. The molecule has 3 rings (SSSR count). The topological polar surface area (TPSA) is 92.8 Å². The van der Waals surface area contributed by atoms with Gasteiger partial charge in [0, 0.05) is 19.0 Å². The quantitative estimate of drug-likeness (QED) is 0.664. The minimum Gasteiger partial charge on any atom is -0.464 e. The summed E-state index contributed by atoms with van der Waals surface area (Å²) in [4.78, 5) is 26.7. The molecule has 1 saturated heterocycles. The first-order valence-electron chi connectivity index (χ1n) is 9.98. The smallest absolute Gasteiger partial charge is 0.328 e. The molecule has 7 nitrogen and oxygen atoms in total. The molecule has 1 N–H and O–H groups in total. The van der Waals surface area contributed by atoms with Crippen molar-refractivity contribution in [1.29, 1.82) is 0 Å². The fourth-order valence-corrected chi connectivity index (χ4v) is 4.74. The molecular weight excluding hydrogens is 380 g/mol. The Morgan fingerprint density at radius 2 is 1.86 bits per heavy atom. The van der Waals surface area contributed by atoms with Gasteiger partial charge in [0.15, 0.2) is 0 Å². The second-order valence-electron chi connectivity index (χ2n) is 7.39. The molecule has 1 atom stereocenters. The second-order valence-corrected chi connectivity index (χ2v) is 9.10. The Morgan fingerprint density at radius 1 is 1.14 bits per heavy atom. The van der Waals surface area contributed by atoms with Gasteiger partial charge in [-0.05, 0) is 63.1 Å². The van der Waals surface area contributed by atoms with Crippen molar-refractivity contribution in [2.45, 2.75) is 68.8 Å². The molecule has 1 heterocycles. The third-order valence-corrected chi connectivity index (χ3v) is 6.68. The summed E-state index contributed by atoms with van der Waals surface area (Å²) in [5, 5.41) is 0. The summed E-state index contributed by atoms with van der Waals surface area (Å²) in [5.41, 5.74) is 0.892. The van der Waals surface area contributed by atoms with Crippen LogP contribution in [0.5, 0.6) is 0 Å². The molecule has 0 spiro atoms. The van der Waals surface area contributed by atoms with Crippen molar-refractivity contribution in [3.63, 3.8) is 0 Å². The fraction of sp³-hybridized carbons (Fsp3) is 0.600. The van der Waals surface area contributed by atoms with E-state index in [1.807, 2.05) is 0 Å². The number of hydrogen-bond acceptors (Lipinski definition) is 5. The summed E-state index contributed by atoms with van der Waals surface area (Å²) in [5.74, 6) is -0.391. The normalized spacial score (nSPS) is 20.0. The molecule has 0 bridgehead atoms. The third kappa shape index (κ3) is 5.32. The Morgan fingerprint density at radius 3 is 2.50 bits per heavy atom. The number of carbonyl (C=O) groups is 2. The van der Waals surface area contributed by atoms with E-state index in [1.54, 1.807) is 36.1 Å². The lowest BCUT2D eigenvalue weighted by molar-refractivity contribution is -0.156. The van der Waals surface area contributed by atoms with E-state index < -0.39 is 16.1 Å². The van der Waals surface area contributed by atoms with Crippen molar-refractivity contribution < 1.29 is 22.7 Å². The Labute approximate surface area is 166 Å². The van der Waals surface area contributed by atoms with E-state index in [0.717, 1.165) is 31.2 Å². The van der Waals surface area contributed by atoms with Crippen molar-refractivity contribution in [1.82, 2.24) is 9.62 Å². The van der Waals surface area contributed by atoms with Gasteiger partial charge in [-0.15, -0.1) is 0 Å². The molecule has 28 heavy (non-hydrogen) atoms. The summed E-state index contributed by atoms with van der Waals surface area (Å²) in [6.07, 6.45) is 5.01. The zero-order chi connectivity index (χ0) is 20.1. The van der Waals surface area contributed by atoms with Crippen LogP contribution in [0.1, 0.15) is 51.0 Å². The Bertz CT molecular complexity index is 802. The van der Waals surface area contributed by atoms with E-state index in [4.69, 9.17) is 4.74 Å². The first-order valence-corrected chi connectivity index (χ1v) is 11.5. The van der Waals surface area contributed by atoms with Gasteiger partial charge in [-0.2, -0.15) is 0 Å². The minimum absolute atomic E-state index is 0.0650. The van der Waals surface area contributed by atoms with E-state index in [-0.39, 0.29) is 29.2 Å². The van der Waals surface area contributed by atoms with Crippen LogP contribution in [0.2, 0.25) is 0 Å². The number of aryl methyl sites for hydroxylation is 1. The number of benzene rings is 1. The minimum atomic E-state index is -3.46. The predicted octanol–water partition coefficient (Wildman–Crippen LogP) is 2.00. The maximum atomic E-state index is 12.7. The molecule has 1 aliphatic heterocycles. The monoisotopic (exact) mass is 408 g/mol. The van der Waals surface area contributed by atoms with Gasteiger partial charge < -0.3 is 9.64 Å². The van der Waals surface area contributed by atoms with Crippen LogP contribution >= 0.6 is 0 Å². The average Bonchev–Trinajstić information content (AvgIpc) is 3.50. The van der Waals surface area contributed by atoms with Crippen molar-refractivity contribution >= 4 is 21.9 Å². The maximum absolute atomic E-state index is 12.7. The molecule has 1 unspecified atom stereocenters. The number of sulfonamides is 1. The average molecular weight is 409 g/mol. The predicted molar refractivity (Wildman–Crippen MR) is 104 cm³/mol. The molecule has 8 heteroatoms. The lowest BCUT2D eigenvalue weighted by Crippen LogP contribution is -2.48. The molecule has 0 aromatic heterocycles. The number of hydrogen-bond donors (Lipinski definition) is 1. The first-order chi connectivity index (χ1) is 13.4. The lowest BCUT2D eigenvalue weighted by Gasteiger charge is -2.34. The third-order valence-electron chi connectivity index (χ3n) is 5.14. The van der Waals surface area contributed by atoms with E-state index >= 15 is 0 Å². The van der Waals surface area contributed by atoms with Gasteiger partial charge in [0.05, 0.1) is 11.5 Å². The maximum Gasteiger partial charge on any atom is 0.328 e.